The lowest BCUT2D eigenvalue weighted by Crippen LogP contribution is -2.32. The largest absolute Gasteiger partial charge is 0.313 e. The number of allylic oxidation sites excluding steroid dienone is 4. The molecule has 0 N–H and O–H groups in total. The number of benzene rings is 5. The first kappa shape index (κ1) is 33.1. The van der Waals surface area contributed by atoms with Gasteiger partial charge < -0.3 is 4.57 Å². The van der Waals surface area contributed by atoms with Crippen molar-refractivity contribution in [3.8, 4) is 51.2 Å². The monoisotopic (exact) mass is 735 g/mol. The van der Waals surface area contributed by atoms with Crippen LogP contribution in [0.15, 0.2) is 152 Å². The normalized spacial score (nSPS) is 15.0. The number of para-hydroxylation sites is 1. The summed E-state index contributed by atoms with van der Waals surface area (Å²) < 4.78 is 4.66. The Morgan fingerprint density at radius 3 is 1.93 bits per heavy atom. The highest BCUT2D eigenvalue weighted by Crippen LogP contribution is 2.37. The predicted molar refractivity (Wildman–Crippen MR) is 232 cm³/mol. The van der Waals surface area contributed by atoms with Crippen molar-refractivity contribution in [3.05, 3.63) is 163 Å². The van der Waals surface area contributed by atoms with E-state index in [-0.39, 0.29) is 0 Å². The van der Waals surface area contributed by atoms with Gasteiger partial charge in [0, 0.05) is 50.6 Å². The van der Waals surface area contributed by atoms with Crippen LogP contribution in [0.3, 0.4) is 0 Å². The Kier molecular flexibility index (Phi) is 7.84. The molecule has 0 saturated carbocycles. The Morgan fingerprint density at radius 1 is 0.561 bits per heavy atom. The molecule has 0 fully saturated rings. The van der Waals surface area contributed by atoms with E-state index in [2.05, 4.69) is 107 Å². The van der Waals surface area contributed by atoms with Gasteiger partial charge in [-0.3, -0.25) is 4.57 Å². The fourth-order valence-electron chi connectivity index (χ4n) is 8.48. The summed E-state index contributed by atoms with van der Waals surface area (Å²) in [6.07, 6.45) is 18.1. The molecule has 0 saturated heterocycles. The highest BCUT2D eigenvalue weighted by atomic mass is 15.2. The van der Waals surface area contributed by atoms with Gasteiger partial charge in [-0.25, -0.2) is 24.9 Å². The first-order chi connectivity index (χ1) is 28.2. The zero-order valence-electron chi connectivity index (χ0n) is 31.4. The van der Waals surface area contributed by atoms with Crippen LogP contribution in [0.2, 0.25) is 0 Å². The molecule has 1 unspecified atom stereocenters. The molecule has 0 bridgehead atoms. The molecule has 9 aromatic rings. The lowest BCUT2D eigenvalue weighted by atomic mass is 9.99. The van der Waals surface area contributed by atoms with Gasteiger partial charge in [-0.1, -0.05) is 128 Å². The zero-order chi connectivity index (χ0) is 37.9. The molecule has 0 amide bonds. The summed E-state index contributed by atoms with van der Waals surface area (Å²) >= 11 is 0. The van der Waals surface area contributed by atoms with Crippen molar-refractivity contribution in [3.63, 3.8) is 0 Å². The van der Waals surface area contributed by atoms with Crippen LogP contribution in [-0.4, -0.2) is 34.1 Å². The molecule has 7 heteroatoms. The van der Waals surface area contributed by atoms with Crippen LogP contribution in [0.4, 0.5) is 0 Å². The standard InChI is InChI=1S/C50H37N7/c1-32-21-24-40-41-25-22-36(35-23-26-44-42(28-35)39-19-11-12-20-43(39)56(44)38-17-9-4-10-18-38)29-46(41)57(45(40)27-32)50-51-30-37(31-52-50)49-54-47(33-13-5-2-6-14-33)53-48(55-49)34-15-7-3-8-16-34/h2-9,11-17,19-20,22-32H,10,18,21H2,1H3. The molecule has 5 aromatic carbocycles. The third-order valence-electron chi connectivity index (χ3n) is 11.3. The number of nitrogens with zero attached hydrogens (tertiary/aromatic N) is 7. The Bertz CT molecular complexity index is 3150. The highest BCUT2D eigenvalue weighted by molar-refractivity contribution is 6.11. The van der Waals surface area contributed by atoms with Gasteiger partial charge in [0.25, 0.3) is 0 Å². The van der Waals surface area contributed by atoms with Crippen LogP contribution in [0, 0.1) is 5.92 Å². The molecular formula is C50H37N7. The summed E-state index contributed by atoms with van der Waals surface area (Å²) in [4.78, 5) is 24.7. The van der Waals surface area contributed by atoms with Crippen LogP contribution in [0.1, 0.15) is 26.2 Å². The van der Waals surface area contributed by atoms with Crippen molar-refractivity contribution < 1.29 is 0 Å². The summed E-state index contributed by atoms with van der Waals surface area (Å²) in [5.41, 5.74) is 9.76. The van der Waals surface area contributed by atoms with Crippen LogP contribution in [-0.2, 0) is 0 Å². The summed E-state index contributed by atoms with van der Waals surface area (Å²) in [7, 11) is 0. The van der Waals surface area contributed by atoms with Crippen molar-refractivity contribution in [2.24, 2.45) is 5.92 Å². The van der Waals surface area contributed by atoms with E-state index >= 15 is 0 Å². The third kappa shape index (κ3) is 5.70. The zero-order valence-corrected chi connectivity index (χ0v) is 31.4. The van der Waals surface area contributed by atoms with Crippen molar-refractivity contribution in [1.29, 1.82) is 0 Å². The summed E-state index contributed by atoms with van der Waals surface area (Å²) in [6, 6.07) is 42.5. The maximum absolute atomic E-state index is 5.01. The fourth-order valence-corrected chi connectivity index (χ4v) is 8.48. The SMILES string of the molecule is CC1C=c2c(c3ccc(-c4ccc5c(c4)c4ccccc4n5C4=CC=CCC4)cc3n2-c2ncc(-c3nc(-c4ccccc4)nc(-c4ccccc4)n3)cn2)=CC1. The summed E-state index contributed by atoms with van der Waals surface area (Å²) in [6.45, 7) is 2.26. The van der Waals surface area contributed by atoms with E-state index in [4.69, 9.17) is 24.9 Å². The second-order valence-corrected chi connectivity index (χ2v) is 15.0. The average molecular weight is 736 g/mol. The average Bonchev–Trinajstić information content (AvgIpc) is 3.78. The molecule has 4 aromatic heterocycles. The quantitative estimate of drug-likeness (QED) is 0.170. The molecule has 272 valence electrons. The Morgan fingerprint density at radius 2 is 1.21 bits per heavy atom. The Hall–Kier alpha value is -7.25. The minimum atomic E-state index is 0.395. The van der Waals surface area contributed by atoms with Gasteiger partial charge in [-0.05, 0) is 66.6 Å². The van der Waals surface area contributed by atoms with E-state index in [9.17, 15) is 0 Å². The lowest BCUT2D eigenvalue weighted by Gasteiger charge is -2.14. The molecule has 0 spiro atoms. The second-order valence-electron chi connectivity index (χ2n) is 15.0. The van der Waals surface area contributed by atoms with Crippen LogP contribution >= 0.6 is 0 Å². The maximum Gasteiger partial charge on any atom is 0.234 e. The molecule has 1 atom stereocenters. The molecule has 0 radical (unpaired) electrons. The van der Waals surface area contributed by atoms with Gasteiger partial charge >= 0.3 is 0 Å². The Balaban J connectivity index is 1.04. The van der Waals surface area contributed by atoms with E-state index in [0.29, 0.717) is 29.3 Å². The molecule has 7 nitrogen and oxygen atoms in total. The maximum atomic E-state index is 5.01. The van der Waals surface area contributed by atoms with Crippen molar-refractivity contribution in [2.75, 3.05) is 0 Å². The van der Waals surface area contributed by atoms with Gasteiger partial charge in [-0.2, -0.15) is 0 Å². The molecule has 57 heavy (non-hydrogen) atoms. The van der Waals surface area contributed by atoms with Crippen molar-refractivity contribution in [1.82, 2.24) is 34.1 Å². The predicted octanol–water partition coefficient (Wildman–Crippen LogP) is 10.2. The number of aromatic nitrogens is 7. The minimum Gasteiger partial charge on any atom is -0.313 e. The molecule has 2 aliphatic rings. The molecule has 11 rings (SSSR count). The van der Waals surface area contributed by atoms with Crippen LogP contribution in [0.25, 0.3) is 102 Å². The lowest BCUT2D eigenvalue weighted by molar-refractivity contribution is 0.788. The van der Waals surface area contributed by atoms with Gasteiger partial charge in [0.05, 0.1) is 27.5 Å². The minimum absolute atomic E-state index is 0.395. The van der Waals surface area contributed by atoms with E-state index in [1.807, 2.05) is 73.1 Å². The molecule has 2 aliphatic carbocycles. The molecule has 0 aliphatic heterocycles. The molecule has 4 heterocycles. The van der Waals surface area contributed by atoms with Crippen molar-refractivity contribution in [2.45, 2.75) is 26.2 Å². The Labute approximate surface area is 329 Å². The van der Waals surface area contributed by atoms with Crippen LogP contribution in [0.5, 0.6) is 0 Å². The number of rotatable bonds is 6. The number of hydrogen-bond acceptors (Lipinski definition) is 5. The van der Waals surface area contributed by atoms with E-state index in [1.165, 1.54) is 43.7 Å². The smallest absolute Gasteiger partial charge is 0.234 e. The highest BCUT2D eigenvalue weighted by Gasteiger charge is 2.19. The van der Waals surface area contributed by atoms with Gasteiger partial charge in [0.15, 0.2) is 17.5 Å². The van der Waals surface area contributed by atoms with Gasteiger partial charge in [0.1, 0.15) is 0 Å². The van der Waals surface area contributed by atoms with Crippen LogP contribution < -0.4 is 10.6 Å². The first-order valence-electron chi connectivity index (χ1n) is 19.6. The number of hydrogen-bond donors (Lipinski definition) is 0. The topological polar surface area (TPSA) is 74.3 Å². The first-order valence-corrected chi connectivity index (χ1v) is 19.6. The fraction of sp³-hybridized carbons (Fsp3) is 0.100. The summed E-state index contributed by atoms with van der Waals surface area (Å²) in [5.74, 6) is 2.73. The molecular weight excluding hydrogens is 699 g/mol. The number of fused-ring (bicyclic) bond motifs is 6. The van der Waals surface area contributed by atoms with Crippen molar-refractivity contribution >= 4 is 50.6 Å². The van der Waals surface area contributed by atoms with E-state index < -0.39 is 0 Å². The van der Waals surface area contributed by atoms with Gasteiger partial charge in [0.2, 0.25) is 5.95 Å². The third-order valence-corrected chi connectivity index (χ3v) is 11.3. The van der Waals surface area contributed by atoms with Gasteiger partial charge in [-0.15, -0.1) is 0 Å². The van der Waals surface area contributed by atoms with E-state index in [0.717, 1.165) is 52.4 Å². The van der Waals surface area contributed by atoms with E-state index in [1.54, 1.807) is 0 Å². The summed E-state index contributed by atoms with van der Waals surface area (Å²) in [5, 5.41) is 6.07. The second kappa shape index (κ2) is 13.5.